The standard InChI is InChI=1S/C21H11O9P/c1-8-12(22)7-6-11-15(8)26-16-13(17-19-14(23)18(16)29-31(25,28-17)30-19)21(11)10-5-3-2-4-9(10)20(24)27-21/h2-7,22-23H,1H3. The Hall–Kier alpha value is -3.84. The van der Waals surface area contributed by atoms with E-state index in [1.807, 2.05) is 0 Å². The fourth-order valence-electron chi connectivity index (χ4n) is 4.64. The van der Waals surface area contributed by atoms with E-state index in [1.165, 1.54) is 6.07 Å². The molecule has 1 spiro atoms. The van der Waals surface area contributed by atoms with Crippen LogP contribution in [0.25, 0.3) is 0 Å². The molecule has 31 heavy (non-hydrogen) atoms. The molecule has 0 aliphatic carbocycles. The Morgan fingerprint density at radius 1 is 0.871 bits per heavy atom. The van der Waals surface area contributed by atoms with Crippen molar-refractivity contribution in [3.63, 3.8) is 0 Å². The molecule has 4 heterocycles. The average Bonchev–Trinajstić information content (AvgIpc) is 3.16. The molecular formula is C21H11O9P. The third-order valence-electron chi connectivity index (χ3n) is 5.99. The van der Waals surface area contributed by atoms with Crippen molar-refractivity contribution in [3.8, 4) is 40.2 Å². The first-order valence-electron chi connectivity index (χ1n) is 9.30. The zero-order valence-corrected chi connectivity index (χ0v) is 16.6. The molecule has 0 saturated carbocycles. The number of ether oxygens (including phenoxy) is 2. The number of phosphoric acid groups is 1. The van der Waals surface area contributed by atoms with Crippen molar-refractivity contribution in [3.05, 3.63) is 64.2 Å². The van der Waals surface area contributed by atoms with E-state index < -0.39 is 25.1 Å². The van der Waals surface area contributed by atoms with Gasteiger partial charge in [-0.15, -0.1) is 0 Å². The topological polar surface area (TPSA) is 121 Å². The number of phenolic OH excluding ortho intramolecular Hbond substituents is 2. The van der Waals surface area contributed by atoms with E-state index in [9.17, 15) is 19.6 Å². The van der Waals surface area contributed by atoms with Crippen molar-refractivity contribution in [1.82, 2.24) is 0 Å². The second kappa shape index (κ2) is 4.90. The van der Waals surface area contributed by atoms with Gasteiger partial charge < -0.3 is 33.3 Å². The predicted molar refractivity (Wildman–Crippen MR) is 102 cm³/mol. The molecule has 0 saturated heterocycles. The summed E-state index contributed by atoms with van der Waals surface area (Å²) >= 11 is 0. The minimum absolute atomic E-state index is 0.0250. The Bertz CT molecular complexity index is 1460. The lowest BCUT2D eigenvalue weighted by Gasteiger charge is -2.37. The average molecular weight is 438 g/mol. The van der Waals surface area contributed by atoms with Gasteiger partial charge in [-0.05, 0) is 25.1 Å². The van der Waals surface area contributed by atoms with Crippen molar-refractivity contribution in [1.29, 1.82) is 0 Å². The molecule has 10 heteroatoms. The Morgan fingerprint density at radius 3 is 2.39 bits per heavy atom. The molecule has 2 unspecified atom stereocenters. The Kier molecular flexibility index (Phi) is 2.67. The van der Waals surface area contributed by atoms with E-state index in [2.05, 4.69) is 0 Å². The summed E-state index contributed by atoms with van der Waals surface area (Å²) in [6.45, 7) is 1.64. The number of fused-ring (bicyclic) bond motifs is 10. The lowest BCUT2D eigenvalue weighted by molar-refractivity contribution is 0.0219. The number of esters is 1. The summed E-state index contributed by atoms with van der Waals surface area (Å²) in [6, 6.07) is 9.89. The van der Waals surface area contributed by atoms with Crippen LogP contribution in [0.3, 0.4) is 0 Å². The molecule has 0 amide bonds. The van der Waals surface area contributed by atoms with Gasteiger partial charge in [0.15, 0.2) is 17.1 Å². The number of phenols is 2. The second-order valence-corrected chi connectivity index (χ2v) is 9.01. The van der Waals surface area contributed by atoms with Crippen molar-refractivity contribution >= 4 is 13.8 Å². The summed E-state index contributed by atoms with van der Waals surface area (Å²) in [7, 11) is -4.06. The van der Waals surface area contributed by atoms with Crippen LogP contribution < -0.4 is 18.3 Å². The largest absolute Gasteiger partial charge is 0.647 e. The van der Waals surface area contributed by atoms with E-state index in [0.29, 0.717) is 22.3 Å². The molecule has 0 radical (unpaired) electrons. The van der Waals surface area contributed by atoms with E-state index in [1.54, 1.807) is 37.3 Å². The van der Waals surface area contributed by atoms with Crippen LogP contribution in [0, 0.1) is 6.92 Å². The van der Waals surface area contributed by atoms with Crippen molar-refractivity contribution in [2.75, 3.05) is 0 Å². The fourth-order valence-corrected chi connectivity index (χ4v) is 5.94. The van der Waals surface area contributed by atoms with Gasteiger partial charge in [0, 0.05) is 16.7 Å². The lowest BCUT2D eigenvalue weighted by Crippen LogP contribution is -2.33. The Morgan fingerprint density at radius 2 is 1.58 bits per heavy atom. The third kappa shape index (κ3) is 1.72. The Labute approximate surface area is 173 Å². The zero-order chi connectivity index (χ0) is 21.3. The first-order chi connectivity index (χ1) is 14.8. The van der Waals surface area contributed by atoms with E-state index in [0.717, 1.165) is 0 Å². The SMILES string of the molecule is Cc1c(O)ccc2c1Oc1c3c(O)c4c(c1C21OC(=O)c2ccccc21)OP(=O)(O3)O4. The van der Waals surface area contributed by atoms with Crippen LogP contribution >= 0.6 is 7.82 Å². The van der Waals surface area contributed by atoms with Crippen LogP contribution in [0.4, 0.5) is 0 Å². The van der Waals surface area contributed by atoms with Gasteiger partial charge in [-0.1, -0.05) is 18.2 Å². The third-order valence-corrected chi connectivity index (χ3v) is 7.21. The quantitative estimate of drug-likeness (QED) is 0.392. The first-order valence-corrected chi connectivity index (χ1v) is 10.8. The van der Waals surface area contributed by atoms with Gasteiger partial charge in [0.25, 0.3) is 0 Å². The van der Waals surface area contributed by atoms with Crippen molar-refractivity contribution in [2.24, 2.45) is 0 Å². The maximum Gasteiger partial charge on any atom is 0.647 e. The number of aromatic hydroxyl groups is 2. The van der Waals surface area contributed by atoms with Crippen molar-refractivity contribution < 1.29 is 42.6 Å². The number of rotatable bonds is 0. The number of hydrogen-bond acceptors (Lipinski definition) is 9. The molecule has 3 aromatic carbocycles. The van der Waals surface area contributed by atoms with Crippen LogP contribution in [0.1, 0.15) is 32.6 Å². The van der Waals surface area contributed by atoms with Crippen LogP contribution in [0.15, 0.2) is 36.4 Å². The molecule has 7 rings (SSSR count). The highest BCUT2D eigenvalue weighted by Gasteiger charge is 2.62. The minimum Gasteiger partial charge on any atom is -0.508 e. The molecule has 2 atom stereocenters. The van der Waals surface area contributed by atoms with Crippen molar-refractivity contribution in [2.45, 2.75) is 12.5 Å². The number of benzene rings is 3. The van der Waals surface area contributed by atoms with E-state index >= 15 is 0 Å². The molecule has 3 aromatic rings. The van der Waals surface area contributed by atoms with Crippen LogP contribution in [0.2, 0.25) is 0 Å². The van der Waals surface area contributed by atoms with Gasteiger partial charge >= 0.3 is 13.8 Å². The molecule has 2 N–H and O–H groups in total. The minimum atomic E-state index is -4.06. The predicted octanol–water partition coefficient (Wildman–Crippen LogP) is 4.25. The van der Waals surface area contributed by atoms with Gasteiger partial charge in [-0.3, -0.25) is 0 Å². The molecule has 0 fully saturated rings. The number of carbonyl (C=O) groups excluding carboxylic acids is 1. The van der Waals surface area contributed by atoms with Gasteiger partial charge in [-0.2, -0.15) is 4.57 Å². The maximum atomic E-state index is 12.9. The summed E-state index contributed by atoms with van der Waals surface area (Å²) in [4.78, 5) is 12.9. The monoisotopic (exact) mass is 438 g/mol. The highest BCUT2D eigenvalue weighted by atomic mass is 31.2. The first kappa shape index (κ1) is 16.9. The zero-order valence-electron chi connectivity index (χ0n) is 15.7. The molecule has 4 aliphatic rings. The second-order valence-electron chi connectivity index (χ2n) is 7.57. The maximum absolute atomic E-state index is 12.9. The highest BCUT2D eigenvalue weighted by molar-refractivity contribution is 7.50. The molecule has 9 nitrogen and oxygen atoms in total. The summed E-state index contributed by atoms with van der Waals surface area (Å²) < 4.78 is 41.0. The summed E-state index contributed by atoms with van der Waals surface area (Å²) in [5, 5.41) is 20.9. The van der Waals surface area contributed by atoms with Gasteiger partial charge in [0.2, 0.25) is 17.2 Å². The molecule has 4 aliphatic heterocycles. The van der Waals surface area contributed by atoms with Gasteiger partial charge in [0.1, 0.15) is 11.5 Å². The summed E-state index contributed by atoms with van der Waals surface area (Å²) in [5.41, 5.74) is 0.282. The summed E-state index contributed by atoms with van der Waals surface area (Å²) in [5.74, 6) is -1.35. The molecule has 154 valence electrons. The van der Waals surface area contributed by atoms with Gasteiger partial charge in [0.05, 0.1) is 11.1 Å². The molecule has 3 bridgehead atoms. The van der Waals surface area contributed by atoms with E-state index in [4.69, 9.17) is 23.0 Å². The van der Waals surface area contributed by atoms with E-state index in [-0.39, 0.29) is 40.1 Å². The number of carbonyl (C=O) groups is 1. The Balaban J connectivity index is 1.69. The van der Waals surface area contributed by atoms with Crippen LogP contribution in [0.5, 0.6) is 40.2 Å². The van der Waals surface area contributed by atoms with Crippen LogP contribution in [-0.4, -0.2) is 16.2 Å². The normalized spacial score (nSPS) is 25.0. The highest BCUT2D eigenvalue weighted by Crippen LogP contribution is 2.76. The summed E-state index contributed by atoms with van der Waals surface area (Å²) in [6.07, 6.45) is 0. The number of hydrogen-bond donors (Lipinski definition) is 2. The van der Waals surface area contributed by atoms with Gasteiger partial charge in [-0.25, -0.2) is 4.79 Å². The smallest absolute Gasteiger partial charge is 0.508 e. The fraction of sp³-hybridized carbons (Fsp3) is 0.0952. The van der Waals surface area contributed by atoms with Crippen LogP contribution in [-0.2, 0) is 14.9 Å². The number of phosphoric ester groups is 1. The lowest BCUT2D eigenvalue weighted by atomic mass is 9.76. The molecule has 0 aromatic heterocycles. The molecular weight excluding hydrogens is 427 g/mol.